The smallest absolute Gasteiger partial charge is 0.246 e. The summed E-state index contributed by atoms with van der Waals surface area (Å²) >= 11 is 2.69. The molecular weight excluding hydrogens is 392 g/mol. The van der Waals surface area contributed by atoms with E-state index < -0.39 is 15.9 Å². The Balaban J connectivity index is 2.16. The number of aromatic nitrogens is 2. The van der Waals surface area contributed by atoms with Crippen molar-refractivity contribution in [1.29, 1.82) is 0 Å². The van der Waals surface area contributed by atoms with Gasteiger partial charge in [0.1, 0.15) is 6.54 Å². The van der Waals surface area contributed by atoms with E-state index in [0.29, 0.717) is 20.9 Å². The Morgan fingerprint density at radius 3 is 2.77 bits per heavy atom. The summed E-state index contributed by atoms with van der Waals surface area (Å²) in [6.07, 6.45) is 2.83. The van der Waals surface area contributed by atoms with Crippen molar-refractivity contribution in [2.45, 2.75) is 18.2 Å². The Kier molecular flexibility index (Phi) is 6.79. The van der Waals surface area contributed by atoms with Crippen LogP contribution >= 0.6 is 23.1 Å². The lowest BCUT2D eigenvalue weighted by Crippen LogP contribution is -2.38. The number of anilines is 2. The number of nitrogens with zero attached hydrogens (tertiary/aromatic N) is 3. The Labute approximate surface area is 161 Å². The van der Waals surface area contributed by atoms with Crippen molar-refractivity contribution >= 4 is 49.8 Å². The van der Waals surface area contributed by atoms with Crippen LogP contribution in [0.1, 0.15) is 11.1 Å². The second-order valence-electron chi connectivity index (χ2n) is 5.51. The summed E-state index contributed by atoms with van der Waals surface area (Å²) in [6, 6.07) is 5.34. The van der Waals surface area contributed by atoms with E-state index >= 15 is 0 Å². The van der Waals surface area contributed by atoms with Crippen molar-refractivity contribution in [2.75, 3.05) is 28.2 Å². The van der Waals surface area contributed by atoms with E-state index in [1.54, 1.807) is 18.2 Å². The van der Waals surface area contributed by atoms with E-state index in [1.165, 1.54) is 23.1 Å². The predicted octanol–water partition coefficient (Wildman–Crippen LogP) is 2.84. The van der Waals surface area contributed by atoms with Gasteiger partial charge in [0, 0.05) is 5.75 Å². The topological polar surface area (TPSA) is 92.3 Å². The first-order chi connectivity index (χ1) is 12.2. The average Bonchev–Trinajstić information content (AvgIpc) is 3.00. The molecule has 0 aliphatic carbocycles. The van der Waals surface area contributed by atoms with Crippen molar-refractivity contribution in [3.05, 3.63) is 42.0 Å². The van der Waals surface area contributed by atoms with E-state index in [4.69, 9.17) is 0 Å². The summed E-state index contributed by atoms with van der Waals surface area (Å²) in [4.78, 5) is 12.4. The van der Waals surface area contributed by atoms with Gasteiger partial charge in [0.25, 0.3) is 0 Å². The van der Waals surface area contributed by atoms with Crippen LogP contribution in [0.15, 0.2) is 35.2 Å². The maximum atomic E-state index is 12.4. The summed E-state index contributed by atoms with van der Waals surface area (Å²) in [5.74, 6) is 0.213. The number of benzene rings is 1. The molecule has 2 rings (SSSR count). The number of hydrogen-bond donors (Lipinski definition) is 1. The molecule has 1 N–H and O–H groups in total. The molecule has 0 aliphatic rings. The summed E-state index contributed by atoms with van der Waals surface area (Å²) in [6.45, 7) is 7.02. The van der Waals surface area contributed by atoms with Gasteiger partial charge < -0.3 is 0 Å². The van der Waals surface area contributed by atoms with Gasteiger partial charge in [0.15, 0.2) is 4.34 Å². The molecule has 1 heterocycles. The third-order valence-electron chi connectivity index (χ3n) is 3.51. The van der Waals surface area contributed by atoms with Crippen LogP contribution in [0.2, 0.25) is 0 Å². The molecule has 0 aliphatic heterocycles. The Hall–Kier alpha value is -1.91. The molecule has 140 valence electrons. The molecule has 0 saturated carbocycles. The second-order valence-corrected chi connectivity index (χ2v) is 9.66. The highest BCUT2D eigenvalue weighted by Crippen LogP contribution is 2.27. The fourth-order valence-corrected chi connectivity index (χ4v) is 4.56. The SMILES string of the molecule is C=CCSc1nnc(NC(=O)CN(c2cccc(C)c2C)S(C)(=O)=O)s1. The Bertz CT molecular complexity index is 909. The van der Waals surface area contributed by atoms with Crippen LogP contribution in [0.25, 0.3) is 0 Å². The molecule has 0 atom stereocenters. The van der Waals surface area contributed by atoms with Gasteiger partial charge in [-0.1, -0.05) is 41.3 Å². The normalized spacial score (nSPS) is 11.2. The number of nitrogens with one attached hydrogen (secondary N) is 1. The first-order valence-electron chi connectivity index (χ1n) is 7.63. The fourth-order valence-electron chi connectivity index (χ4n) is 2.12. The zero-order chi connectivity index (χ0) is 19.3. The van der Waals surface area contributed by atoms with Gasteiger partial charge in [-0.3, -0.25) is 14.4 Å². The van der Waals surface area contributed by atoms with Crippen LogP contribution in [-0.2, 0) is 14.8 Å². The molecule has 0 fully saturated rings. The van der Waals surface area contributed by atoms with Gasteiger partial charge in [0.2, 0.25) is 21.1 Å². The molecule has 0 spiro atoms. The molecule has 7 nitrogen and oxygen atoms in total. The van der Waals surface area contributed by atoms with Crippen LogP contribution in [0.3, 0.4) is 0 Å². The first-order valence-corrected chi connectivity index (χ1v) is 11.3. The lowest BCUT2D eigenvalue weighted by Gasteiger charge is -2.24. The van der Waals surface area contributed by atoms with Gasteiger partial charge in [-0.25, -0.2) is 8.42 Å². The van der Waals surface area contributed by atoms with Crippen LogP contribution < -0.4 is 9.62 Å². The highest BCUT2D eigenvalue weighted by Gasteiger charge is 2.23. The van der Waals surface area contributed by atoms with Crippen LogP contribution in [0.4, 0.5) is 10.8 Å². The summed E-state index contributed by atoms with van der Waals surface area (Å²) in [5.41, 5.74) is 2.25. The Morgan fingerprint density at radius 1 is 1.38 bits per heavy atom. The van der Waals surface area contributed by atoms with Gasteiger partial charge in [-0.2, -0.15) is 0 Å². The van der Waals surface area contributed by atoms with Crippen LogP contribution in [0.5, 0.6) is 0 Å². The molecule has 10 heteroatoms. The molecule has 0 bridgehead atoms. The van der Waals surface area contributed by atoms with Gasteiger partial charge in [0.05, 0.1) is 11.9 Å². The highest BCUT2D eigenvalue weighted by atomic mass is 32.2. The van der Waals surface area contributed by atoms with Crippen molar-refractivity contribution in [3.63, 3.8) is 0 Å². The molecule has 1 aromatic carbocycles. The minimum atomic E-state index is -3.63. The van der Waals surface area contributed by atoms with E-state index in [0.717, 1.165) is 21.7 Å². The second kappa shape index (κ2) is 8.65. The number of amides is 1. The number of hydrogen-bond acceptors (Lipinski definition) is 7. The van der Waals surface area contributed by atoms with E-state index in [-0.39, 0.29) is 6.54 Å². The molecule has 1 amide bonds. The molecule has 0 unspecified atom stereocenters. The number of rotatable bonds is 8. The number of carbonyl (C=O) groups is 1. The predicted molar refractivity (Wildman–Crippen MR) is 108 cm³/mol. The minimum absolute atomic E-state index is 0.330. The van der Waals surface area contributed by atoms with Crippen molar-refractivity contribution in [2.24, 2.45) is 0 Å². The van der Waals surface area contributed by atoms with Gasteiger partial charge >= 0.3 is 0 Å². The quantitative estimate of drug-likeness (QED) is 0.407. The van der Waals surface area contributed by atoms with Crippen LogP contribution in [-0.4, -0.2) is 43.1 Å². The van der Waals surface area contributed by atoms with Crippen molar-refractivity contribution in [3.8, 4) is 0 Å². The minimum Gasteiger partial charge on any atom is -0.299 e. The zero-order valence-corrected chi connectivity index (χ0v) is 17.2. The van der Waals surface area contributed by atoms with Crippen LogP contribution in [0, 0.1) is 13.8 Å². The maximum Gasteiger partial charge on any atom is 0.246 e. The van der Waals surface area contributed by atoms with Crippen molar-refractivity contribution in [1.82, 2.24) is 10.2 Å². The number of sulfonamides is 1. The maximum absolute atomic E-state index is 12.4. The van der Waals surface area contributed by atoms with Crippen molar-refractivity contribution < 1.29 is 13.2 Å². The van der Waals surface area contributed by atoms with E-state index in [1.807, 2.05) is 19.9 Å². The fraction of sp³-hybridized carbons (Fsp3) is 0.312. The summed E-state index contributed by atoms with van der Waals surface area (Å²) in [5, 5.41) is 10.8. The number of carbonyl (C=O) groups excluding carboxylic acids is 1. The third-order valence-corrected chi connectivity index (χ3v) is 6.60. The number of thioether (sulfide) groups is 1. The average molecular weight is 413 g/mol. The Morgan fingerprint density at radius 2 is 2.12 bits per heavy atom. The highest BCUT2D eigenvalue weighted by molar-refractivity contribution is 8.01. The molecule has 0 radical (unpaired) electrons. The monoisotopic (exact) mass is 412 g/mol. The molecule has 26 heavy (non-hydrogen) atoms. The molecule has 1 aromatic heterocycles. The lowest BCUT2D eigenvalue weighted by molar-refractivity contribution is -0.114. The first kappa shape index (κ1) is 20.4. The molecule has 2 aromatic rings. The summed E-state index contributed by atoms with van der Waals surface area (Å²) in [7, 11) is -3.63. The zero-order valence-electron chi connectivity index (χ0n) is 14.7. The van der Waals surface area contributed by atoms with Gasteiger partial charge in [-0.05, 0) is 31.0 Å². The molecular formula is C16H20N4O3S3. The van der Waals surface area contributed by atoms with Gasteiger partial charge in [-0.15, -0.1) is 16.8 Å². The standard InChI is InChI=1S/C16H20N4O3S3/c1-5-9-24-16-19-18-15(25-16)17-14(21)10-20(26(4,22)23)13-8-6-7-11(2)12(13)3/h5-8H,1,9-10H2,2-4H3,(H,17,18,21). The van der Waals surface area contributed by atoms with E-state index in [9.17, 15) is 13.2 Å². The third kappa shape index (κ3) is 5.29. The largest absolute Gasteiger partial charge is 0.299 e. The molecule has 0 saturated heterocycles. The van der Waals surface area contributed by atoms with E-state index in [2.05, 4.69) is 22.1 Å². The lowest BCUT2D eigenvalue weighted by atomic mass is 10.1. The summed E-state index contributed by atoms with van der Waals surface area (Å²) < 4.78 is 26.2. The number of aryl methyl sites for hydroxylation is 1.